The van der Waals surface area contributed by atoms with Crippen LogP contribution in [-0.2, 0) is 21.1 Å². The summed E-state index contributed by atoms with van der Waals surface area (Å²) in [7, 11) is 0. The zero-order valence-corrected chi connectivity index (χ0v) is 16.6. The number of benzene rings is 2. The summed E-state index contributed by atoms with van der Waals surface area (Å²) in [6.45, 7) is 6.33. The molecule has 2 aromatic heterocycles. The molecule has 4 aromatic rings. The molecule has 0 aliphatic carbocycles. The van der Waals surface area contributed by atoms with Crippen LogP contribution in [0.15, 0.2) is 54.9 Å². The maximum atomic E-state index is 4.56. The van der Waals surface area contributed by atoms with E-state index in [9.17, 15) is 0 Å². The van der Waals surface area contributed by atoms with Crippen molar-refractivity contribution in [1.29, 1.82) is 0 Å². The van der Waals surface area contributed by atoms with Crippen molar-refractivity contribution in [3.05, 3.63) is 77.7 Å². The first-order valence-electron chi connectivity index (χ1n) is 8.02. The van der Waals surface area contributed by atoms with Crippen molar-refractivity contribution >= 4 is 10.8 Å². The first-order chi connectivity index (χ1) is 11.6. The summed E-state index contributed by atoms with van der Waals surface area (Å²) in [6.07, 6.45) is 7.08. The summed E-state index contributed by atoms with van der Waals surface area (Å²) in [5.41, 5.74) is 6.54. The van der Waals surface area contributed by atoms with Crippen LogP contribution < -0.4 is 0 Å². The first-order valence-corrected chi connectivity index (χ1v) is 8.02. The van der Waals surface area contributed by atoms with Crippen LogP contribution >= 0.6 is 0 Å². The summed E-state index contributed by atoms with van der Waals surface area (Å²) in [4.78, 5) is 4.56. The van der Waals surface area contributed by atoms with Crippen LogP contribution in [0.5, 0.6) is 0 Å². The van der Waals surface area contributed by atoms with Gasteiger partial charge in [-0.2, -0.15) is 0 Å². The van der Waals surface area contributed by atoms with Crippen molar-refractivity contribution in [3.63, 3.8) is 0 Å². The first kappa shape index (κ1) is 17.6. The van der Waals surface area contributed by atoms with Crippen LogP contribution in [0.25, 0.3) is 27.7 Å². The molecular weight excluding hydrogens is 489 g/mol. The SMILES string of the molecule is Cc1cc(C)c(-n2[c-]c(-c3cc4ccccc4cn3)cn2)c(C)c1.[Pt]. The van der Waals surface area contributed by atoms with E-state index >= 15 is 0 Å². The number of nitrogens with zero attached hydrogens (tertiary/aromatic N) is 3. The van der Waals surface area contributed by atoms with Gasteiger partial charge in [-0.25, -0.2) is 5.10 Å². The molecule has 4 rings (SSSR count). The fourth-order valence-electron chi connectivity index (χ4n) is 3.26. The second-order valence-corrected chi connectivity index (χ2v) is 6.25. The van der Waals surface area contributed by atoms with Gasteiger partial charge >= 0.3 is 0 Å². The van der Waals surface area contributed by atoms with Crippen LogP contribution in [0.1, 0.15) is 16.7 Å². The molecule has 0 bridgehead atoms. The Balaban J connectivity index is 0.00000182. The number of fused-ring (bicyclic) bond motifs is 1. The van der Waals surface area contributed by atoms with Gasteiger partial charge < -0.3 is 9.67 Å². The molecule has 0 spiro atoms. The number of hydrogen-bond acceptors (Lipinski definition) is 2. The predicted octanol–water partition coefficient (Wildman–Crippen LogP) is 4.81. The van der Waals surface area contributed by atoms with E-state index in [4.69, 9.17) is 0 Å². The Kier molecular flexibility index (Phi) is 4.87. The Morgan fingerprint density at radius 2 is 1.56 bits per heavy atom. The van der Waals surface area contributed by atoms with E-state index in [-0.39, 0.29) is 21.1 Å². The Bertz CT molecular complexity index is 1030. The fourth-order valence-corrected chi connectivity index (χ4v) is 3.26. The van der Waals surface area contributed by atoms with Crippen molar-refractivity contribution < 1.29 is 21.1 Å². The molecule has 2 heterocycles. The Hall–Kier alpha value is -2.25. The van der Waals surface area contributed by atoms with Gasteiger partial charge in [0, 0.05) is 27.3 Å². The third-order valence-corrected chi connectivity index (χ3v) is 4.28. The van der Waals surface area contributed by atoms with Gasteiger partial charge in [0.15, 0.2) is 0 Å². The van der Waals surface area contributed by atoms with Gasteiger partial charge in [-0.05, 0) is 55.3 Å². The van der Waals surface area contributed by atoms with E-state index in [0.29, 0.717) is 0 Å². The molecule has 4 heteroatoms. The van der Waals surface area contributed by atoms with Gasteiger partial charge in [-0.1, -0.05) is 64.7 Å². The zero-order valence-electron chi connectivity index (χ0n) is 14.4. The molecule has 0 saturated heterocycles. The monoisotopic (exact) mass is 507 g/mol. The van der Waals surface area contributed by atoms with Gasteiger partial charge in [0.2, 0.25) is 0 Å². The molecule has 0 atom stereocenters. The van der Waals surface area contributed by atoms with E-state index in [1.807, 2.05) is 29.2 Å². The van der Waals surface area contributed by atoms with Crippen LogP contribution in [-0.4, -0.2) is 14.8 Å². The fraction of sp³-hybridized carbons (Fsp3) is 0.143. The molecule has 128 valence electrons. The van der Waals surface area contributed by atoms with Gasteiger partial charge in [-0.3, -0.25) is 0 Å². The third-order valence-electron chi connectivity index (χ3n) is 4.28. The molecule has 0 amide bonds. The predicted molar refractivity (Wildman–Crippen MR) is 97.3 cm³/mol. The Labute approximate surface area is 162 Å². The molecule has 2 aromatic carbocycles. The molecule has 0 radical (unpaired) electrons. The zero-order chi connectivity index (χ0) is 16.7. The minimum atomic E-state index is 0. The van der Waals surface area contributed by atoms with Gasteiger partial charge in [-0.15, -0.1) is 0 Å². The summed E-state index contributed by atoms with van der Waals surface area (Å²) in [5, 5.41) is 6.83. The normalized spacial score (nSPS) is 10.7. The quantitative estimate of drug-likeness (QED) is 0.365. The molecule has 0 unspecified atom stereocenters. The van der Waals surface area contributed by atoms with Gasteiger partial charge in [0.25, 0.3) is 0 Å². The van der Waals surface area contributed by atoms with E-state index in [1.165, 1.54) is 22.1 Å². The minimum Gasteiger partial charge on any atom is -0.328 e. The van der Waals surface area contributed by atoms with Crippen LogP contribution in [0.4, 0.5) is 0 Å². The second kappa shape index (κ2) is 6.93. The number of pyridine rings is 1. The Morgan fingerprint density at radius 3 is 2.28 bits per heavy atom. The third kappa shape index (κ3) is 3.29. The van der Waals surface area contributed by atoms with Crippen LogP contribution in [0, 0.1) is 27.0 Å². The largest absolute Gasteiger partial charge is 0.328 e. The van der Waals surface area contributed by atoms with E-state index in [0.717, 1.165) is 22.3 Å². The van der Waals surface area contributed by atoms with Crippen LogP contribution in [0.3, 0.4) is 0 Å². The van der Waals surface area contributed by atoms with Gasteiger partial charge in [0.05, 0.1) is 0 Å². The van der Waals surface area contributed by atoms with Crippen molar-refractivity contribution in [1.82, 2.24) is 14.8 Å². The van der Waals surface area contributed by atoms with Crippen LogP contribution in [0.2, 0.25) is 0 Å². The van der Waals surface area contributed by atoms with Gasteiger partial charge in [0.1, 0.15) is 0 Å². The molecule has 0 N–H and O–H groups in total. The average molecular weight is 507 g/mol. The van der Waals surface area contributed by atoms with E-state index in [2.05, 4.69) is 67.4 Å². The number of aryl methyl sites for hydroxylation is 3. The maximum Gasteiger partial charge on any atom is 0.0239 e. The molecule has 0 aliphatic heterocycles. The molecule has 3 nitrogen and oxygen atoms in total. The van der Waals surface area contributed by atoms with Crippen molar-refractivity contribution in [2.75, 3.05) is 0 Å². The molecular formula is C21H18N3Pt-. The summed E-state index contributed by atoms with van der Waals surface area (Å²) >= 11 is 0. The molecule has 0 saturated carbocycles. The topological polar surface area (TPSA) is 30.7 Å². The second-order valence-electron chi connectivity index (χ2n) is 6.25. The number of aromatic nitrogens is 3. The van der Waals surface area contributed by atoms with E-state index < -0.39 is 0 Å². The average Bonchev–Trinajstić information content (AvgIpc) is 3.03. The van der Waals surface area contributed by atoms with Crippen molar-refractivity contribution in [2.24, 2.45) is 0 Å². The number of rotatable bonds is 2. The van der Waals surface area contributed by atoms with Crippen molar-refractivity contribution in [3.8, 4) is 16.9 Å². The number of hydrogen-bond donors (Lipinski definition) is 0. The van der Waals surface area contributed by atoms with E-state index in [1.54, 1.807) is 0 Å². The molecule has 25 heavy (non-hydrogen) atoms. The Morgan fingerprint density at radius 1 is 0.880 bits per heavy atom. The standard InChI is InChI=1S/C21H18N3.Pt/c1-14-8-15(2)21(16(3)9-14)24-13-19(12-23-24)20-10-17-6-4-5-7-18(17)11-22-20;/h4-12H,1-3H3;/q-1;. The molecule has 0 fully saturated rings. The summed E-state index contributed by atoms with van der Waals surface area (Å²) in [5.74, 6) is 0. The minimum absolute atomic E-state index is 0. The maximum absolute atomic E-state index is 4.56. The summed E-state index contributed by atoms with van der Waals surface area (Å²) < 4.78 is 1.83. The summed E-state index contributed by atoms with van der Waals surface area (Å²) in [6, 6.07) is 14.7. The molecule has 0 aliphatic rings. The smallest absolute Gasteiger partial charge is 0.0239 e. The van der Waals surface area contributed by atoms with Crippen molar-refractivity contribution in [2.45, 2.75) is 20.8 Å².